The van der Waals surface area contributed by atoms with E-state index in [1.165, 1.54) is 4.88 Å². The number of aryl methyl sites for hydroxylation is 2. The predicted molar refractivity (Wildman–Crippen MR) is 120 cm³/mol. The lowest BCUT2D eigenvalue weighted by Gasteiger charge is -2.34. The first-order valence-corrected chi connectivity index (χ1v) is 10.7. The maximum absolute atomic E-state index is 5.40. The summed E-state index contributed by atoms with van der Waals surface area (Å²) in [7, 11) is 5.18. The molecule has 0 atom stereocenters. The molecule has 1 aliphatic heterocycles. The number of aliphatic imine (C=N–C) groups is 1. The number of nitrogens with one attached hydrogen (secondary N) is 2. The van der Waals surface area contributed by atoms with E-state index in [1.54, 1.807) is 25.6 Å². The van der Waals surface area contributed by atoms with Crippen LogP contribution in [0.1, 0.15) is 28.4 Å². The van der Waals surface area contributed by atoms with E-state index in [-0.39, 0.29) is 0 Å². The number of guanidine groups is 1. The van der Waals surface area contributed by atoms with Crippen LogP contribution in [-0.4, -0.2) is 51.3 Å². The van der Waals surface area contributed by atoms with Crippen molar-refractivity contribution in [3.05, 3.63) is 33.8 Å². The van der Waals surface area contributed by atoms with Crippen molar-refractivity contribution in [1.29, 1.82) is 0 Å². The number of piperidine rings is 1. The minimum atomic E-state index is 0.393. The molecule has 0 aliphatic carbocycles. The van der Waals surface area contributed by atoms with Gasteiger partial charge in [0.1, 0.15) is 16.5 Å². The summed E-state index contributed by atoms with van der Waals surface area (Å²) in [5, 5.41) is 8.03. The molecule has 1 aromatic carbocycles. The second-order valence-corrected chi connectivity index (χ2v) is 8.44. The Bertz CT molecular complexity index is 802. The Morgan fingerprint density at radius 1 is 1.17 bits per heavy atom. The molecule has 7 nitrogen and oxygen atoms in total. The summed E-state index contributed by atoms with van der Waals surface area (Å²) in [6.45, 7) is 6.79. The van der Waals surface area contributed by atoms with Gasteiger partial charge in [0.25, 0.3) is 0 Å². The molecular formula is C21H31N5O2S. The van der Waals surface area contributed by atoms with E-state index in [0.717, 1.165) is 59.8 Å². The molecule has 1 saturated heterocycles. The third kappa shape index (κ3) is 5.53. The largest absolute Gasteiger partial charge is 0.497 e. The normalized spacial score (nSPS) is 15.3. The molecule has 1 aliphatic rings. The number of benzene rings is 1. The molecule has 0 amide bonds. The van der Waals surface area contributed by atoms with Crippen molar-refractivity contribution in [1.82, 2.24) is 15.6 Å². The fraction of sp³-hybridized carbons (Fsp3) is 0.524. The lowest BCUT2D eigenvalue weighted by molar-refractivity contribution is 0.393. The summed E-state index contributed by atoms with van der Waals surface area (Å²) >= 11 is 1.73. The lowest BCUT2D eigenvalue weighted by Crippen LogP contribution is -2.48. The van der Waals surface area contributed by atoms with Crippen LogP contribution >= 0.6 is 11.3 Å². The standard InChI is InChI=1S/C21H31N5O2S/c1-14-15(2)29-20(24-14)13-23-21(22-3)25-16-6-8-26(9-7-16)17-10-18(27-4)12-19(11-17)28-5/h10-12,16H,6-9,13H2,1-5H3,(H2,22,23,25). The highest BCUT2D eigenvalue weighted by Crippen LogP contribution is 2.30. The molecule has 8 heteroatoms. The third-order valence-electron chi connectivity index (χ3n) is 5.24. The molecule has 3 rings (SSSR count). The Kier molecular flexibility index (Phi) is 7.19. The van der Waals surface area contributed by atoms with Crippen LogP contribution in [-0.2, 0) is 6.54 Å². The molecule has 2 N–H and O–H groups in total. The van der Waals surface area contributed by atoms with Crippen molar-refractivity contribution in [2.24, 2.45) is 4.99 Å². The first-order chi connectivity index (χ1) is 14.0. The molecule has 2 aromatic rings. The van der Waals surface area contributed by atoms with Crippen molar-refractivity contribution in [2.45, 2.75) is 39.3 Å². The van der Waals surface area contributed by atoms with E-state index in [0.29, 0.717) is 12.6 Å². The third-order valence-corrected chi connectivity index (χ3v) is 6.31. The maximum atomic E-state index is 5.40. The van der Waals surface area contributed by atoms with Crippen LogP contribution in [0.25, 0.3) is 0 Å². The van der Waals surface area contributed by atoms with Gasteiger partial charge < -0.3 is 25.0 Å². The summed E-state index contributed by atoms with van der Waals surface area (Å²) in [5.74, 6) is 2.46. The summed E-state index contributed by atoms with van der Waals surface area (Å²) < 4.78 is 10.8. The van der Waals surface area contributed by atoms with Crippen LogP contribution in [0.4, 0.5) is 5.69 Å². The van der Waals surface area contributed by atoms with Gasteiger partial charge in [-0.05, 0) is 26.7 Å². The summed E-state index contributed by atoms with van der Waals surface area (Å²) in [5.41, 5.74) is 2.24. The minimum Gasteiger partial charge on any atom is -0.497 e. The average Bonchev–Trinajstić information content (AvgIpc) is 3.08. The number of hydrogen-bond donors (Lipinski definition) is 2. The Balaban J connectivity index is 1.52. The molecule has 1 aromatic heterocycles. The van der Waals surface area contributed by atoms with Crippen molar-refractivity contribution >= 4 is 23.0 Å². The highest BCUT2D eigenvalue weighted by atomic mass is 32.1. The molecule has 29 heavy (non-hydrogen) atoms. The zero-order chi connectivity index (χ0) is 20.8. The van der Waals surface area contributed by atoms with E-state index in [9.17, 15) is 0 Å². The van der Waals surface area contributed by atoms with Crippen LogP contribution in [0.5, 0.6) is 11.5 Å². The minimum absolute atomic E-state index is 0.393. The molecule has 0 bridgehead atoms. The van der Waals surface area contributed by atoms with Crippen molar-refractivity contribution in [3.8, 4) is 11.5 Å². The summed E-state index contributed by atoms with van der Waals surface area (Å²) in [6.07, 6.45) is 2.07. The smallest absolute Gasteiger partial charge is 0.191 e. The van der Waals surface area contributed by atoms with Gasteiger partial charge in [-0.1, -0.05) is 0 Å². The van der Waals surface area contributed by atoms with Crippen LogP contribution in [0.2, 0.25) is 0 Å². The van der Waals surface area contributed by atoms with E-state index in [2.05, 4.69) is 44.6 Å². The number of anilines is 1. The van der Waals surface area contributed by atoms with Gasteiger partial charge in [-0.3, -0.25) is 4.99 Å². The quantitative estimate of drug-likeness (QED) is 0.556. The van der Waals surface area contributed by atoms with Gasteiger partial charge in [0.05, 0.1) is 26.5 Å². The first kappa shape index (κ1) is 21.2. The average molecular weight is 418 g/mol. The number of hydrogen-bond acceptors (Lipinski definition) is 6. The Morgan fingerprint density at radius 3 is 2.34 bits per heavy atom. The van der Waals surface area contributed by atoms with Crippen molar-refractivity contribution in [3.63, 3.8) is 0 Å². The SMILES string of the molecule is CN=C(NCc1nc(C)c(C)s1)NC1CCN(c2cc(OC)cc(OC)c2)CC1. The maximum Gasteiger partial charge on any atom is 0.191 e. The molecule has 0 radical (unpaired) electrons. The Labute approximate surface area is 177 Å². The van der Waals surface area contributed by atoms with Crippen LogP contribution in [0, 0.1) is 13.8 Å². The molecule has 2 heterocycles. The molecule has 0 spiro atoms. The van der Waals surface area contributed by atoms with Crippen molar-refractivity contribution < 1.29 is 9.47 Å². The fourth-order valence-electron chi connectivity index (χ4n) is 3.42. The summed E-state index contributed by atoms with van der Waals surface area (Å²) in [4.78, 5) is 12.6. The number of methoxy groups -OCH3 is 2. The fourth-order valence-corrected chi connectivity index (χ4v) is 4.29. The monoisotopic (exact) mass is 417 g/mol. The Hall–Kier alpha value is -2.48. The molecule has 0 saturated carbocycles. The first-order valence-electron chi connectivity index (χ1n) is 9.90. The van der Waals surface area contributed by atoms with Crippen molar-refractivity contribution in [2.75, 3.05) is 39.3 Å². The van der Waals surface area contributed by atoms with Gasteiger partial charge in [0, 0.05) is 54.9 Å². The number of rotatable bonds is 6. The van der Waals surface area contributed by atoms with Gasteiger partial charge in [0.2, 0.25) is 0 Å². The van der Waals surface area contributed by atoms with Gasteiger partial charge in [-0.15, -0.1) is 11.3 Å². The highest BCUT2D eigenvalue weighted by molar-refractivity contribution is 7.11. The predicted octanol–water partition coefficient (Wildman–Crippen LogP) is 3.11. The van der Waals surface area contributed by atoms with Gasteiger partial charge in [-0.25, -0.2) is 4.98 Å². The topological polar surface area (TPSA) is 71.0 Å². The Morgan fingerprint density at radius 2 is 1.83 bits per heavy atom. The second-order valence-electron chi connectivity index (χ2n) is 7.15. The number of ether oxygens (including phenoxy) is 2. The number of aromatic nitrogens is 1. The lowest BCUT2D eigenvalue weighted by atomic mass is 10.0. The molecule has 1 fully saturated rings. The molecular weight excluding hydrogens is 386 g/mol. The molecule has 158 valence electrons. The van der Waals surface area contributed by atoms with Gasteiger partial charge >= 0.3 is 0 Å². The van der Waals surface area contributed by atoms with Crippen LogP contribution < -0.4 is 25.0 Å². The van der Waals surface area contributed by atoms with Gasteiger partial charge in [0.15, 0.2) is 5.96 Å². The van der Waals surface area contributed by atoms with Gasteiger partial charge in [-0.2, -0.15) is 0 Å². The van der Waals surface area contributed by atoms with E-state index in [4.69, 9.17) is 9.47 Å². The second kappa shape index (κ2) is 9.82. The number of thiazole rings is 1. The molecule has 0 unspecified atom stereocenters. The van der Waals surface area contributed by atoms with E-state index in [1.807, 2.05) is 20.0 Å². The highest BCUT2D eigenvalue weighted by Gasteiger charge is 2.21. The van der Waals surface area contributed by atoms with E-state index >= 15 is 0 Å². The van der Waals surface area contributed by atoms with Crippen LogP contribution in [0.15, 0.2) is 23.2 Å². The van der Waals surface area contributed by atoms with E-state index < -0.39 is 0 Å². The number of nitrogens with zero attached hydrogens (tertiary/aromatic N) is 3. The zero-order valence-electron chi connectivity index (χ0n) is 17.9. The summed E-state index contributed by atoms with van der Waals surface area (Å²) in [6, 6.07) is 6.42. The zero-order valence-corrected chi connectivity index (χ0v) is 18.7. The van der Waals surface area contributed by atoms with Crippen LogP contribution in [0.3, 0.4) is 0 Å².